The molecule has 9 rings (SSSR count). The van der Waals surface area contributed by atoms with Crippen molar-refractivity contribution in [3.05, 3.63) is 162 Å². The van der Waals surface area contributed by atoms with Crippen molar-refractivity contribution in [1.29, 1.82) is 0 Å². The Labute approximate surface area is 283 Å². The molecule has 0 radical (unpaired) electrons. The highest BCUT2D eigenvalue weighted by molar-refractivity contribution is 6.20. The molecule has 2 aliphatic rings. The van der Waals surface area contributed by atoms with Crippen LogP contribution in [0.25, 0.3) is 71.3 Å². The fourth-order valence-electron chi connectivity index (χ4n) is 8.37. The van der Waals surface area contributed by atoms with E-state index in [1.807, 2.05) is 6.07 Å². The number of rotatable bonds is 3. The maximum Gasteiger partial charge on any atom is 0.395 e. The summed E-state index contributed by atoms with van der Waals surface area (Å²) in [6.07, 6.45) is 0.442. The molecule has 3 heteroatoms. The molecule has 0 saturated carbocycles. The summed E-state index contributed by atoms with van der Waals surface area (Å²) in [6.45, 7) is 4.59. The molecule has 0 saturated heterocycles. The normalized spacial score (nSPS) is 16.6. The fraction of sp³-hybridized carbons (Fsp3) is 0.130. The van der Waals surface area contributed by atoms with Gasteiger partial charge in [-0.15, -0.1) is 0 Å². The quantitative estimate of drug-likeness (QED) is 0.168. The molecule has 2 aliphatic carbocycles. The molecule has 238 valence electrons. The highest BCUT2D eigenvalue weighted by Crippen LogP contribution is 2.51. The van der Waals surface area contributed by atoms with Gasteiger partial charge in [0.1, 0.15) is 0 Å². The number of halogens is 3. The van der Waals surface area contributed by atoms with Gasteiger partial charge in [-0.1, -0.05) is 147 Å². The van der Waals surface area contributed by atoms with Crippen LogP contribution in [-0.2, 0) is 5.41 Å². The van der Waals surface area contributed by atoms with Crippen molar-refractivity contribution < 1.29 is 13.2 Å². The van der Waals surface area contributed by atoms with E-state index in [-0.39, 0.29) is 11.8 Å². The first kappa shape index (κ1) is 29.7. The van der Waals surface area contributed by atoms with Gasteiger partial charge in [0.2, 0.25) is 0 Å². The molecule has 49 heavy (non-hydrogen) atoms. The second kappa shape index (κ2) is 10.8. The Kier molecular flexibility index (Phi) is 6.55. The zero-order valence-electron chi connectivity index (χ0n) is 27.3. The largest absolute Gasteiger partial charge is 0.395 e. The number of hydrogen-bond donors (Lipinski definition) is 0. The van der Waals surface area contributed by atoms with Crippen molar-refractivity contribution in [2.45, 2.75) is 31.9 Å². The second-order valence-corrected chi connectivity index (χ2v) is 13.9. The minimum atomic E-state index is -4.26. The van der Waals surface area contributed by atoms with Crippen LogP contribution < -0.4 is 0 Å². The molecule has 0 aliphatic heterocycles. The average Bonchev–Trinajstić information content (AvgIpc) is 3.35. The summed E-state index contributed by atoms with van der Waals surface area (Å²) in [4.78, 5) is 0. The molecular formula is C46H33F3. The van der Waals surface area contributed by atoms with Crippen LogP contribution in [0.3, 0.4) is 0 Å². The zero-order chi connectivity index (χ0) is 33.5. The van der Waals surface area contributed by atoms with Gasteiger partial charge >= 0.3 is 6.18 Å². The number of alkyl halides is 3. The molecule has 7 aromatic rings. The number of allylic oxidation sites excluding steroid dienone is 4. The van der Waals surface area contributed by atoms with E-state index in [1.165, 1.54) is 39.1 Å². The van der Waals surface area contributed by atoms with Gasteiger partial charge in [0, 0.05) is 5.41 Å². The minimum absolute atomic E-state index is 0.0684. The Morgan fingerprint density at radius 3 is 1.96 bits per heavy atom. The van der Waals surface area contributed by atoms with Crippen LogP contribution in [0.1, 0.15) is 37.0 Å². The first-order valence-electron chi connectivity index (χ1n) is 16.9. The predicted molar refractivity (Wildman–Crippen MR) is 199 cm³/mol. The molecule has 1 unspecified atom stereocenters. The lowest BCUT2D eigenvalue weighted by molar-refractivity contribution is -0.160. The lowest BCUT2D eigenvalue weighted by atomic mass is 9.80. The molecular weight excluding hydrogens is 610 g/mol. The minimum Gasteiger partial charge on any atom is -0.170 e. The Hall–Kier alpha value is -5.41. The Morgan fingerprint density at radius 2 is 1.18 bits per heavy atom. The van der Waals surface area contributed by atoms with Crippen LogP contribution in [0.4, 0.5) is 13.2 Å². The highest BCUT2D eigenvalue weighted by Gasteiger charge is 2.38. The molecule has 0 fully saturated rings. The molecule has 0 heterocycles. The molecule has 0 aromatic heterocycles. The van der Waals surface area contributed by atoms with Crippen LogP contribution in [0.5, 0.6) is 0 Å². The summed E-state index contributed by atoms with van der Waals surface area (Å²) in [5, 5.41) is 6.58. The highest BCUT2D eigenvalue weighted by atomic mass is 19.4. The number of hydrogen-bond acceptors (Lipinski definition) is 0. The maximum absolute atomic E-state index is 13.7. The summed E-state index contributed by atoms with van der Waals surface area (Å²) in [6, 6.07) is 45.4. The van der Waals surface area contributed by atoms with E-state index in [1.54, 1.807) is 12.2 Å². The molecule has 0 N–H and O–H groups in total. The molecule has 0 spiro atoms. The first-order valence-corrected chi connectivity index (χ1v) is 16.9. The SMILES string of the molecule is CC1(C)c2ccccc2-c2cc(-c3c4ccccc4c(C4=CCC(C(F)(F)F)C=C4)c4ccc(-c5cccc6ccccc56)cc34)ccc21. The third kappa shape index (κ3) is 4.59. The Bertz CT molecular complexity index is 2540. The van der Waals surface area contributed by atoms with Gasteiger partial charge in [0.15, 0.2) is 0 Å². The van der Waals surface area contributed by atoms with E-state index in [4.69, 9.17) is 0 Å². The molecule has 7 aromatic carbocycles. The standard InChI is InChI=1S/C46H33F3/c1-45(2)41-17-8-7-13-35(41)39-27-31(21-25-42(39)45)44-37-15-6-5-14-36(37)43(29-18-22-32(23-19-29)46(47,48)49)38-24-20-30(26-40(38)44)34-16-9-11-28-10-3-4-12-33(28)34/h3-22,24-27,32H,23H2,1-2H3. The van der Waals surface area contributed by atoms with Gasteiger partial charge in [0.05, 0.1) is 5.92 Å². The van der Waals surface area contributed by atoms with E-state index < -0.39 is 12.1 Å². The van der Waals surface area contributed by atoms with Crippen molar-refractivity contribution in [2.75, 3.05) is 0 Å². The molecule has 0 amide bonds. The smallest absolute Gasteiger partial charge is 0.170 e. The van der Waals surface area contributed by atoms with E-state index in [0.717, 1.165) is 54.9 Å². The molecule has 0 bridgehead atoms. The third-order valence-electron chi connectivity index (χ3n) is 10.8. The van der Waals surface area contributed by atoms with Crippen LogP contribution in [0, 0.1) is 5.92 Å². The second-order valence-electron chi connectivity index (χ2n) is 13.9. The van der Waals surface area contributed by atoms with E-state index in [9.17, 15) is 13.2 Å². The Morgan fingerprint density at radius 1 is 0.551 bits per heavy atom. The van der Waals surface area contributed by atoms with Crippen molar-refractivity contribution in [2.24, 2.45) is 5.92 Å². The van der Waals surface area contributed by atoms with Crippen LogP contribution >= 0.6 is 0 Å². The van der Waals surface area contributed by atoms with E-state index >= 15 is 0 Å². The maximum atomic E-state index is 13.7. The number of benzene rings is 7. The Balaban J connectivity index is 1.35. The van der Waals surface area contributed by atoms with Gasteiger partial charge in [-0.05, 0) is 107 Å². The summed E-state index contributed by atoms with van der Waals surface area (Å²) in [7, 11) is 0. The number of fused-ring (bicyclic) bond motifs is 6. The van der Waals surface area contributed by atoms with Gasteiger partial charge in [-0.2, -0.15) is 13.2 Å². The third-order valence-corrected chi connectivity index (χ3v) is 10.8. The van der Waals surface area contributed by atoms with E-state index in [2.05, 4.69) is 135 Å². The fourth-order valence-corrected chi connectivity index (χ4v) is 8.37. The topological polar surface area (TPSA) is 0 Å². The predicted octanol–water partition coefficient (Wildman–Crippen LogP) is 13.3. The van der Waals surface area contributed by atoms with Gasteiger partial charge in [-0.3, -0.25) is 0 Å². The molecule has 0 nitrogen and oxygen atoms in total. The summed E-state index contributed by atoms with van der Waals surface area (Å²) in [5.74, 6) is -1.47. The van der Waals surface area contributed by atoms with Crippen molar-refractivity contribution in [3.63, 3.8) is 0 Å². The van der Waals surface area contributed by atoms with Crippen LogP contribution in [0.2, 0.25) is 0 Å². The lowest BCUT2D eigenvalue weighted by Gasteiger charge is -2.23. The van der Waals surface area contributed by atoms with Crippen molar-refractivity contribution in [3.8, 4) is 33.4 Å². The van der Waals surface area contributed by atoms with Crippen molar-refractivity contribution >= 4 is 37.9 Å². The lowest BCUT2D eigenvalue weighted by Crippen LogP contribution is -2.21. The van der Waals surface area contributed by atoms with Crippen LogP contribution in [-0.4, -0.2) is 6.18 Å². The monoisotopic (exact) mass is 642 g/mol. The average molecular weight is 643 g/mol. The van der Waals surface area contributed by atoms with Gasteiger partial charge in [0.25, 0.3) is 0 Å². The summed E-state index contributed by atoms with van der Waals surface area (Å²) >= 11 is 0. The van der Waals surface area contributed by atoms with Crippen molar-refractivity contribution in [1.82, 2.24) is 0 Å². The molecule has 1 atom stereocenters. The van der Waals surface area contributed by atoms with Crippen LogP contribution in [0.15, 0.2) is 146 Å². The summed E-state index contributed by atoms with van der Waals surface area (Å²) < 4.78 is 41.1. The van der Waals surface area contributed by atoms with Gasteiger partial charge < -0.3 is 0 Å². The first-order chi connectivity index (χ1) is 23.7. The zero-order valence-corrected chi connectivity index (χ0v) is 27.3. The summed E-state index contributed by atoms with van der Waals surface area (Å²) in [5.41, 5.74) is 11.4. The van der Waals surface area contributed by atoms with E-state index in [0.29, 0.717) is 0 Å². The van der Waals surface area contributed by atoms with Gasteiger partial charge in [-0.25, -0.2) is 0 Å².